The Balaban J connectivity index is 2.02. The number of halogens is 1. The van der Waals surface area contributed by atoms with Gasteiger partial charge >= 0.3 is 5.97 Å². The lowest BCUT2D eigenvalue weighted by molar-refractivity contribution is 0.0696. The van der Waals surface area contributed by atoms with E-state index in [0.29, 0.717) is 11.1 Å². The third kappa shape index (κ3) is 3.46. The second-order valence-electron chi connectivity index (χ2n) is 6.08. The van der Waals surface area contributed by atoms with Crippen LogP contribution in [0, 0.1) is 11.2 Å². The molecule has 0 saturated heterocycles. The van der Waals surface area contributed by atoms with Crippen LogP contribution in [-0.2, 0) is 0 Å². The summed E-state index contributed by atoms with van der Waals surface area (Å²) in [5, 5.41) is 12.0. The van der Waals surface area contributed by atoms with E-state index in [4.69, 9.17) is 5.11 Å². The highest BCUT2D eigenvalue weighted by atomic mass is 19.1. The van der Waals surface area contributed by atoms with Gasteiger partial charge in [-0.15, -0.1) is 0 Å². The molecule has 3 nitrogen and oxygen atoms in total. The first-order valence-corrected chi connectivity index (χ1v) is 6.67. The Morgan fingerprint density at radius 1 is 1.37 bits per heavy atom. The van der Waals surface area contributed by atoms with Crippen LogP contribution >= 0.6 is 0 Å². The number of nitrogens with one attached hydrogen (secondary N) is 1. The molecule has 0 amide bonds. The lowest BCUT2D eigenvalue weighted by atomic mass is 9.75. The molecule has 0 unspecified atom stereocenters. The van der Waals surface area contributed by atoms with Crippen molar-refractivity contribution >= 4 is 11.7 Å². The van der Waals surface area contributed by atoms with Crippen LogP contribution in [0.3, 0.4) is 0 Å². The minimum Gasteiger partial charge on any atom is -0.478 e. The number of hydrogen-bond acceptors (Lipinski definition) is 2. The quantitative estimate of drug-likeness (QED) is 0.871. The van der Waals surface area contributed by atoms with Gasteiger partial charge in [-0.1, -0.05) is 13.8 Å². The van der Waals surface area contributed by atoms with E-state index in [-0.39, 0.29) is 11.6 Å². The van der Waals surface area contributed by atoms with E-state index < -0.39 is 11.8 Å². The zero-order valence-electron chi connectivity index (χ0n) is 11.4. The molecule has 0 aliphatic heterocycles. The number of aromatic carboxylic acids is 1. The maximum Gasteiger partial charge on any atom is 0.335 e. The molecule has 0 aromatic heterocycles. The van der Waals surface area contributed by atoms with Crippen molar-refractivity contribution < 1.29 is 14.3 Å². The molecule has 2 N–H and O–H groups in total. The van der Waals surface area contributed by atoms with Crippen molar-refractivity contribution in [2.45, 2.75) is 45.6 Å². The van der Waals surface area contributed by atoms with Gasteiger partial charge in [0.2, 0.25) is 0 Å². The summed E-state index contributed by atoms with van der Waals surface area (Å²) in [4.78, 5) is 10.7. The first-order valence-electron chi connectivity index (χ1n) is 6.67. The third-order valence-electron chi connectivity index (χ3n) is 3.91. The van der Waals surface area contributed by atoms with Crippen LogP contribution in [0.25, 0.3) is 0 Å². The highest BCUT2D eigenvalue weighted by Crippen LogP contribution is 2.36. The predicted molar refractivity (Wildman–Crippen MR) is 73.0 cm³/mol. The zero-order valence-corrected chi connectivity index (χ0v) is 11.4. The van der Waals surface area contributed by atoms with Crippen LogP contribution in [0.15, 0.2) is 18.2 Å². The van der Waals surface area contributed by atoms with Gasteiger partial charge in [-0.3, -0.25) is 0 Å². The Morgan fingerprint density at radius 2 is 2.00 bits per heavy atom. The topological polar surface area (TPSA) is 49.3 Å². The van der Waals surface area contributed by atoms with Crippen molar-refractivity contribution in [1.29, 1.82) is 0 Å². The number of hydrogen-bond donors (Lipinski definition) is 2. The monoisotopic (exact) mass is 265 g/mol. The van der Waals surface area contributed by atoms with Gasteiger partial charge in [-0.2, -0.15) is 0 Å². The zero-order chi connectivity index (χ0) is 14.0. The molecule has 104 valence electrons. The van der Waals surface area contributed by atoms with Gasteiger partial charge in [-0.05, 0) is 49.3 Å². The molecule has 0 spiro atoms. The second kappa shape index (κ2) is 5.19. The molecule has 1 aromatic carbocycles. The molecule has 0 radical (unpaired) electrons. The second-order valence-corrected chi connectivity index (χ2v) is 6.08. The van der Waals surface area contributed by atoms with Gasteiger partial charge in [0.1, 0.15) is 5.82 Å². The molecule has 4 heteroatoms. The van der Waals surface area contributed by atoms with Gasteiger partial charge in [0.05, 0.1) is 11.3 Å². The largest absolute Gasteiger partial charge is 0.478 e. The van der Waals surface area contributed by atoms with Gasteiger partial charge in [0.25, 0.3) is 0 Å². The van der Waals surface area contributed by atoms with E-state index in [2.05, 4.69) is 19.2 Å². The number of carboxylic acid groups (broad SMARTS) is 1. The van der Waals surface area contributed by atoms with E-state index in [1.807, 2.05) is 0 Å². The van der Waals surface area contributed by atoms with Crippen molar-refractivity contribution in [2.24, 2.45) is 5.41 Å². The van der Waals surface area contributed by atoms with E-state index >= 15 is 0 Å². The minimum atomic E-state index is -1.11. The highest BCUT2D eigenvalue weighted by molar-refractivity contribution is 5.88. The van der Waals surface area contributed by atoms with Gasteiger partial charge in [0, 0.05) is 6.04 Å². The fourth-order valence-electron chi connectivity index (χ4n) is 2.53. The average molecular weight is 265 g/mol. The van der Waals surface area contributed by atoms with Crippen molar-refractivity contribution in [2.75, 3.05) is 5.32 Å². The molecule has 1 aromatic rings. The number of carboxylic acids is 1. The minimum absolute atomic E-state index is 0.0205. The van der Waals surface area contributed by atoms with Crippen LogP contribution in [-0.4, -0.2) is 17.1 Å². The standard InChI is InChI=1S/C15H20FNO2/c1-15(2)7-5-11(6-8-15)17-13-4-3-10(14(18)19)9-12(13)16/h3-4,9,11,17H,5-8H2,1-2H3,(H,18,19). The average Bonchev–Trinajstić information content (AvgIpc) is 2.34. The summed E-state index contributed by atoms with van der Waals surface area (Å²) >= 11 is 0. The molecular formula is C15H20FNO2. The summed E-state index contributed by atoms with van der Waals surface area (Å²) < 4.78 is 13.8. The van der Waals surface area contributed by atoms with E-state index in [9.17, 15) is 9.18 Å². The summed E-state index contributed by atoms with van der Waals surface area (Å²) in [5.41, 5.74) is 0.756. The van der Waals surface area contributed by atoms with Crippen LogP contribution in [0.4, 0.5) is 10.1 Å². The molecule has 1 saturated carbocycles. The lowest BCUT2D eigenvalue weighted by Crippen LogP contribution is -2.30. The molecule has 1 aliphatic carbocycles. The molecule has 0 atom stereocenters. The molecule has 19 heavy (non-hydrogen) atoms. The summed E-state index contributed by atoms with van der Waals surface area (Å²) in [6.07, 6.45) is 4.29. The normalized spacial score (nSPS) is 19.1. The number of anilines is 1. The van der Waals surface area contributed by atoms with Crippen LogP contribution < -0.4 is 5.32 Å². The third-order valence-corrected chi connectivity index (χ3v) is 3.91. The van der Waals surface area contributed by atoms with Crippen molar-refractivity contribution in [3.8, 4) is 0 Å². The SMILES string of the molecule is CC1(C)CCC(Nc2ccc(C(=O)O)cc2F)CC1. The number of rotatable bonds is 3. The van der Waals surface area contributed by atoms with Gasteiger partial charge in [0.15, 0.2) is 0 Å². The van der Waals surface area contributed by atoms with Crippen LogP contribution in [0.1, 0.15) is 49.9 Å². The number of benzene rings is 1. The summed E-state index contributed by atoms with van der Waals surface area (Å²) in [6.45, 7) is 4.51. The summed E-state index contributed by atoms with van der Waals surface area (Å²) in [7, 11) is 0. The predicted octanol–water partition coefficient (Wildman–Crippen LogP) is 3.90. The van der Waals surface area contributed by atoms with E-state index in [1.165, 1.54) is 12.1 Å². The first kappa shape index (κ1) is 13.8. The highest BCUT2D eigenvalue weighted by Gasteiger charge is 2.27. The fourth-order valence-corrected chi connectivity index (χ4v) is 2.53. The molecular weight excluding hydrogens is 245 g/mol. The maximum absolute atomic E-state index is 13.8. The van der Waals surface area contributed by atoms with Crippen molar-refractivity contribution in [1.82, 2.24) is 0 Å². The van der Waals surface area contributed by atoms with E-state index in [0.717, 1.165) is 31.7 Å². The van der Waals surface area contributed by atoms with Gasteiger partial charge < -0.3 is 10.4 Å². The lowest BCUT2D eigenvalue weighted by Gasteiger charge is -2.35. The Hall–Kier alpha value is -1.58. The summed E-state index contributed by atoms with van der Waals surface area (Å²) in [6, 6.07) is 4.29. The molecule has 2 rings (SSSR count). The Bertz CT molecular complexity index is 475. The Labute approximate surface area is 112 Å². The van der Waals surface area contributed by atoms with Gasteiger partial charge in [-0.25, -0.2) is 9.18 Å². The molecule has 0 bridgehead atoms. The smallest absolute Gasteiger partial charge is 0.335 e. The van der Waals surface area contributed by atoms with Crippen LogP contribution in [0.5, 0.6) is 0 Å². The fraction of sp³-hybridized carbons (Fsp3) is 0.533. The first-order chi connectivity index (χ1) is 8.87. The molecule has 0 heterocycles. The van der Waals surface area contributed by atoms with E-state index in [1.54, 1.807) is 0 Å². The molecule has 1 aliphatic rings. The summed E-state index contributed by atoms with van der Waals surface area (Å²) in [5.74, 6) is -1.60. The number of carbonyl (C=O) groups is 1. The van der Waals surface area contributed by atoms with Crippen molar-refractivity contribution in [3.63, 3.8) is 0 Å². The van der Waals surface area contributed by atoms with Crippen LogP contribution in [0.2, 0.25) is 0 Å². The Kier molecular flexibility index (Phi) is 3.78. The van der Waals surface area contributed by atoms with Crippen molar-refractivity contribution in [3.05, 3.63) is 29.6 Å². The Morgan fingerprint density at radius 3 is 2.53 bits per heavy atom. The molecule has 1 fully saturated rings. The maximum atomic E-state index is 13.8.